The number of hydrogen-bond acceptors (Lipinski definition) is 10. The number of rotatable bonds is 6. The van der Waals surface area contributed by atoms with Gasteiger partial charge in [0.25, 0.3) is 0 Å². The van der Waals surface area contributed by atoms with Crippen molar-refractivity contribution in [3.63, 3.8) is 0 Å². The lowest BCUT2D eigenvalue weighted by Gasteiger charge is -2.13. The minimum absolute atomic E-state index is 0.879. The van der Waals surface area contributed by atoms with Crippen LogP contribution in [0.15, 0.2) is 280 Å². The van der Waals surface area contributed by atoms with Gasteiger partial charge >= 0.3 is 0 Å². The van der Waals surface area contributed by atoms with Crippen LogP contribution in [0.2, 0.25) is 0 Å². The molecule has 0 spiro atoms. The van der Waals surface area contributed by atoms with Crippen molar-refractivity contribution in [1.29, 1.82) is 0 Å². The molecular weight excluding hydrogens is 1080 g/mol. The second kappa shape index (κ2) is 20.9. The van der Waals surface area contributed by atoms with E-state index >= 15 is 0 Å². The highest BCUT2D eigenvalue weighted by Crippen LogP contribution is 2.41. The molecule has 0 aliphatic rings. The number of fused-ring (bicyclic) bond motifs is 14. The monoisotopic (exact) mass is 1120 g/mol. The molecule has 0 fully saturated rings. The Morgan fingerprint density at radius 1 is 0.205 bits per heavy atom. The Hall–Kier alpha value is -12.1. The molecule has 0 saturated carbocycles. The van der Waals surface area contributed by atoms with E-state index in [1.165, 1.54) is 0 Å². The average Bonchev–Trinajstić information content (AvgIpc) is 1.04. The van der Waals surface area contributed by atoms with E-state index in [0.717, 1.165) is 176 Å². The number of para-hydroxylation sites is 2. The van der Waals surface area contributed by atoms with Crippen molar-refractivity contribution in [3.05, 3.63) is 280 Å². The highest BCUT2D eigenvalue weighted by Gasteiger charge is 2.19. The summed E-state index contributed by atoms with van der Waals surface area (Å²) in [6.07, 6.45) is 12.9. The third-order valence-electron chi connectivity index (χ3n) is 16.8. The SMILES string of the molecule is c1ccc(-c2c3ccccc3nc3c2ccc2ccc(-c4ccc(-c5ccnc6c5ccc5cccnc56)cc4)nc23)nc1.c1cncc(-c2c3ccccc3nc3c2ccc2ccc(-c4ccc(-c5ccnc6c5ccc5cccnc56)cc4)nc23)c1. The van der Waals surface area contributed by atoms with Gasteiger partial charge in [0.05, 0.1) is 72.2 Å². The lowest BCUT2D eigenvalue weighted by Crippen LogP contribution is -1.94. The van der Waals surface area contributed by atoms with Crippen LogP contribution in [0.5, 0.6) is 0 Å². The molecule has 0 N–H and O–H groups in total. The van der Waals surface area contributed by atoms with E-state index < -0.39 is 0 Å². The number of benzene rings is 8. The van der Waals surface area contributed by atoms with Crippen LogP contribution in [0.1, 0.15) is 0 Å². The van der Waals surface area contributed by atoms with Crippen molar-refractivity contribution in [2.24, 2.45) is 0 Å². The summed E-state index contributed by atoms with van der Waals surface area (Å²) in [6.45, 7) is 0. The molecule has 10 heteroatoms. The molecule has 0 radical (unpaired) electrons. The highest BCUT2D eigenvalue weighted by molar-refractivity contribution is 6.18. The molecule has 0 amide bonds. The first-order chi connectivity index (χ1) is 43.6. The van der Waals surface area contributed by atoms with E-state index in [9.17, 15) is 0 Å². The van der Waals surface area contributed by atoms with Crippen LogP contribution in [0, 0.1) is 0 Å². The van der Waals surface area contributed by atoms with Gasteiger partial charge in [0.2, 0.25) is 0 Å². The quantitative estimate of drug-likeness (QED) is 0.117. The van der Waals surface area contributed by atoms with Gasteiger partial charge in [0.1, 0.15) is 0 Å². The van der Waals surface area contributed by atoms with Crippen LogP contribution >= 0.6 is 0 Å². The lowest BCUT2D eigenvalue weighted by atomic mass is 9.96. The topological polar surface area (TPSA) is 129 Å². The van der Waals surface area contributed by atoms with E-state index in [-0.39, 0.29) is 0 Å². The predicted octanol–water partition coefficient (Wildman–Crippen LogP) is 18.9. The summed E-state index contributed by atoms with van der Waals surface area (Å²) in [5, 5.41) is 10.8. The fraction of sp³-hybridized carbons (Fsp3) is 0. The first-order valence-corrected chi connectivity index (χ1v) is 29.2. The van der Waals surface area contributed by atoms with Gasteiger partial charge in [-0.3, -0.25) is 29.9 Å². The Morgan fingerprint density at radius 3 is 1.17 bits per heavy atom. The van der Waals surface area contributed by atoms with Gasteiger partial charge in [-0.1, -0.05) is 170 Å². The first-order valence-electron chi connectivity index (χ1n) is 29.2. The second-order valence-corrected chi connectivity index (χ2v) is 21.9. The van der Waals surface area contributed by atoms with Gasteiger partial charge < -0.3 is 0 Å². The zero-order valence-corrected chi connectivity index (χ0v) is 47.0. The second-order valence-electron chi connectivity index (χ2n) is 21.9. The summed E-state index contributed by atoms with van der Waals surface area (Å²) in [6, 6.07) is 81.6. The van der Waals surface area contributed by atoms with Crippen LogP contribution in [0.4, 0.5) is 0 Å². The molecule has 0 bridgehead atoms. The molecule has 10 heterocycles. The lowest BCUT2D eigenvalue weighted by molar-refractivity contribution is 1.33. The average molecular weight is 1120 g/mol. The van der Waals surface area contributed by atoms with Crippen LogP contribution in [0.3, 0.4) is 0 Å². The van der Waals surface area contributed by atoms with E-state index in [1.54, 1.807) is 6.20 Å². The molecule has 0 saturated heterocycles. The summed E-state index contributed by atoms with van der Waals surface area (Å²) in [5.74, 6) is 0. The molecule has 0 aliphatic heterocycles. The normalized spacial score (nSPS) is 11.6. The summed E-state index contributed by atoms with van der Waals surface area (Å²) >= 11 is 0. The summed E-state index contributed by atoms with van der Waals surface area (Å²) in [4.78, 5) is 48.3. The fourth-order valence-corrected chi connectivity index (χ4v) is 12.7. The molecule has 0 aliphatic carbocycles. The van der Waals surface area contributed by atoms with Gasteiger partial charge in [0, 0.05) is 125 Å². The largest absolute Gasteiger partial charge is 0.264 e. The van der Waals surface area contributed by atoms with Gasteiger partial charge in [-0.25, -0.2) is 19.9 Å². The predicted molar refractivity (Wildman–Crippen MR) is 359 cm³/mol. The third kappa shape index (κ3) is 8.57. The van der Waals surface area contributed by atoms with Crippen molar-refractivity contribution in [2.75, 3.05) is 0 Å². The molecule has 408 valence electrons. The van der Waals surface area contributed by atoms with Crippen LogP contribution in [-0.2, 0) is 0 Å². The van der Waals surface area contributed by atoms with Crippen LogP contribution in [0.25, 0.3) is 176 Å². The van der Waals surface area contributed by atoms with Crippen molar-refractivity contribution in [3.8, 4) is 67.2 Å². The van der Waals surface area contributed by atoms with E-state index in [0.29, 0.717) is 0 Å². The van der Waals surface area contributed by atoms with Crippen LogP contribution < -0.4 is 0 Å². The number of aromatic nitrogens is 10. The maximum Gasteiger partial charge on any atom is 0.0979 e. The Bertz CT molecular complexity index is 5440. The molecule has 10 aromatic heterocycles. The summed E-state index contributed by atoms with van der Waals surface area (Å²) in [7, 11) is 0. The number of nitrogens with zero attached hydrogens (tertiary/aromatic N) is 10. The summed E-state index contributed by atoms with van der Waals surface area (Å²) in [5.41, 5.74) is 21.7. The van der Waals surface area contributed by atoms with Crippen molar-refractivity contribution in [1.82, 2.24) is 49.8 Å². The standard InChI is InChI=1S/2C39H23N5/c1-2-8-34-31(7-1)35(28-6-3-20-40-23-28)32-17-14-27-15-18-33(43-37(27)39(32)44-34)25-11-9-24(10-12-25)29-19-22-42-38-30(29)16-13-26-5-4-21-41-36(26)38;1-2-8-33-30(7-1)35(34-9-3-4-21-40-34)31-18-15-27-16-19-32(43-37(27)39(31)44-33)25-12-10-24(11-13-25)28-20-23-42-38-29(28)17-14-26-6-5-22-41-36(26)38/h2*1-23H. The fourth-order valence-electron chi connectivity index (χ4n) is 12.7. The van der Waals surface area contributed by atoms with E-state index in [4.69, 9.17) is 24.9 Å². The Labute approximate surface area is 503 Å². The molecular formula is C78H46N10. The molecule has 10 nitrogen and oxygen atoms in total. The zero-order valence-electron chi connectivity index (χ0n) is 47.0. The van der Waals surface area contributed by atoms with Gasteiger partial charge in [-0.2, -0.15) is 0 Å². The maximum atomic E-state index is 5.21. The minimum atomic E-state index is 0.879. The van der Waals surface area contributed by atoms with Crippen molar-refractivity contribution >= 4 is 109 Å². The Morgan fingerprint density at radius 2 is 0.648 bits per heavy atom. The molecule has 8 aromatic carbocycles. The molecule has 0 atom stereocenters. The third-order valence-corrected chi connectivity index (χ3v) is 16.8. The Kier molecular flexibility index (Phi) is 12.0. The number of hydrogen-bond donors (Lipinski definition) is 0. The molecule has 88 heavy (non-hydrogen) atoms. The van der Waals surface area contributed by atoms with Crippen LogP contribution in [-0.4, -0.2) is 49.8 Å². The minimum Gasteiger partial charge on any atom is -0.264 e. The van der Waals surface area contributed by atoms with E-state index in [2.05, 4.69) is 219 Å². The highest BCUT2D eigenvalue weighted by atomic mass is 14.8. The van der Waals surface area contributed by atoms with Gasteiger partial charge in [-0.05, 0) is 89.0 Å². The summed E-state index contributed by atoms with van der Waals surface area (Å²) < 4.78 is 0. The molecule has 0 unspecified atom stereocenters. The van der Waals surface area contributed by atoms with Gasteiger partial charge in [0.15, 0.2) is 0 Å². The van der Waals surface area contributed by atoms with Crippen molar-refractivity contribution < 1.29 is 0 Å². The first kappa shape index (κ1) is 50.4. The smallest absolute Gasteiger partial charge is 0.0979 e. The Balaban J connectivity index is 0.000000137. The van der Waals surface area contributed by atoms with E-state index in [1.807, 2.05) is 79.6 Å². The number of pyridine rings is 10. The van der Waals surface area contributed by atoms with Crippen molar-refractivity contribution in [2.45, 2.75) is 0 Å². The maximum absolute atomic E-state index is 5.21. The molecule has 18 rings (SSSR count). The van der Waals surface area contributed by atoms with Gasteiger partial charge in [-0.15, -0.1) is 0 Å². The zero-order chi connectivity index (χ0) is 58.1. The molecule has 18 aromatic rings.